The van der Waals surface area contributed by atoms with E-state index in [0.717, 1.165) is 37.7 Å². The van der Waals surface area contributed by atoms with Crippen LogP contribution in [-0.2, 0) is 23.9 Å². The number of allylic oxidation sites excluding steroid dienone is 2. The van der Waals surface area contributed by atoms with Crippen molar-refractivity contribution in [3.8, 4) is 0 Å². The lowest BCUT2D eigenvalue weighted by atomic mass is 9.43. The van der Waals surface area contributed by atoms with Crippen LogP contribution in [0.3, 0.4) is 0 Å². The van der Waals surface area contributed by atoms with Gasteiger partial charge in [-0.25, -0.2) is 0 Å². The third kappa shape index (κ3) is 6.10. The van der Waals surface area contributed by atoms with Crippen LogP contribution in [0.5, 0.6) is 0 Å². The zero-order valence-corrected chi connectivity index (χ0v) is 29.8. The molecule has 2 saturated carbocycles. The fourth-order valence-corrected chi connectivity index (χ4v) is 10.6. The van der Waals surface area contributed by atoms with Crippen molar-refractivity contribution in [3.63, 3.8) is 0 Å². The van der Waals surface area contributed by atoms with Crippen LogP contribution in [0.1, 0.15) is 126 Å². The maximum absolute atomic E-state index is 13.0. The minimum absolute atomic E-state index is 0.118. The van der Waals surface area contributed by atoms with E-state index in [-0.39, 0.29) is 47.0 Å². The summed E-state index contributed by atoms with van der Waals surface area (Å²) in [5.41, 5.74) is 1.02. The standard InChI is InChI=1S/C38H60O8/c1-22(2)23(3)11-12-24(33(42)43)27-19-29(39)38(9)26-13-14-28-34(4,5)30(46-32(41)21-35(6,44)20-31(40)45-10)16-17-36(28,7)25(26)15-18-37(27,38)8/h22,24,27-30,39,44H,3,11-21H2,1-2,4-10H3,(H,42,43). The highest BCUT2D eigenvalue weighted by atomic mass is 16.5. The number of carboxylic acid groups (broad SMARTS) is 1. The van der Waals surface area contributed by atoms with Crippen molar-refractivity contribution >= 4 is 17.9 Å². The Kier molecular flexibility index (Phi) is 10.1. The first-order valence-corrected chi connectivity index (χ1v) is 17.5. The van der Waals surface area contributed by atoms with E-state index in [4.69, 9.17) is 4.74 Å². The molecular formula is C38H60O8. The summed E-state index contributed by atoms with van der Waals surface area (Å²) in [6.45, 7) is 21.0. The SMILES string of the molecule is C=C(CCC(C(=O)O)C1CC(O)C2(C)C3=C(CCC12C)C1(C)CCC(OC(=O)CC(C)(O)CC(=O)OC)C(C)(C)C1CC3)C(C)C. The quantitative estimate of drug-likeness (QED) is 0.162. The monoisotopic (exact) mass is 644 g/mol. The summed E-state index contributed by atoms with van der Waals surface area (Å²) in [5, 5.41) is 33.0. The van der Waals surface area contributed by atoms with Gasteiger partial charge in [0.2, 0.25) is 0 Å². The zero-order chi connectivity index (χ0) is 34.6. The molecule has 0 aromatic rings. The molecule has 260 valence electrons. The molecule has 4 aliphatic rings. The van der Waals surface area contributed by atoms with Crippen molar-refractivity contribution in [2.45, 2.75) is 144 Å². The number of ether oxygens (including phenoxy) is 2. The molecule has 8 nitrogen and oxygen atoms in total. The van der Waals surface area contributed by atoms with Crippen LogP contribution in [-0.4, -0.2) is 58.1 Å². The van der Waals surface area contributed by atoms with Crippen molar-refractivity contribution in [2.75, 3.05) is 7.11 Å². The topological polar surface area (TPSA) is 130 Å². The van der Waals surface area contributed by atoms with Crippen LogP contribution in [0.25, 0.3) is 0 Å². The number of fused-ring (bicyclic) bond motifs is 4. The van der Waals surface area contributed by atoms with E-state index in [1.165, 1.54) is 25.2 Å². The van der Waals surface area contributed by atoms with Gasteiger partial charge in [0.05, 0.1) is 37.6 Å². The Hall–Kier alpha value is -2.19. The Morgan fingerprint density at radius 1 is 1.00 bits per heavy atom. The van der Waals surface area contributed by atoms with Gasteiger partial charge in [-0.1, -0.05) is 71.8 Å². The summed E-state index contributed by atoms with van der Waals surface area (Å²) in [6, 6.07) is 0. The molecule has 0 heterocycles. The fraction of sp³-hybridized carbons (Fsp3) is 0.816. The number of rotatable bonds is 11. The van der Waals surface area contributed by atoms with Crippen LogP contribution in [0.15, 0.2) is 23.3 Å². The molecule has 46 heavy (non-hydrogen) atoms. The van der Waals surface area contributed by atoms with Crippen LogP contribution in [0, 0.1) is 45.3 Å². The van der Waals surface area contributed by atoms with Crippen molar-refractivity contribution in [2.24, 2.45) is 45.3 Å². The van der Waals surface area contributed by atoms with Crippen molar-refractivity contribution in [3.05, 3.63) is 23.3 Å². The van der Waals surface area contributed by atoms with Gasteiger partial charge in [0, 0.05) is 10.8 Å². The molecule has 0 aromatic heterocycles. The highest BCUT2D eigenvalue weighted by molar-refractivity contribution is 5.75. The van der Waals surface area contributed by atoms with E-state index in [0.29, 0.717) is 31.6 Å². The number of aliphatic carboxylic acids is 1. The first-order valence-electron chi connectivity index (χ1n) is 17.5. The van der Waals surface area contributed by atoms with Crippen molar-refractivity contribution < 1.29 is 39.2 Å². The fourth-order valence-electron chi connectivity index (χ4n) is 10.6. The molecule has 0 radical (unpaired) electrons. The molecule has 4 rings (SSSR count). The lowest BCUT2D eigenvalue weighted by Crippen LogP contribution is -2.57. The minimum Gasteiger partial charge on any atom is -0.481 e. The van der Waals surface area contributed by atoms with E-state index in [1.807, 2.05) is 0 Å². The van der Waals surface area contributed by atoms with Gasteiger partial charge in [-0.3, -0.25) is 14.4 Å². The number of carbonyl (C=O) groups is 3. The summed E-state index contributed by atoms with van der Waals surface area (Å²) >= 11 is 0. The third-order valence-corrected chi connectivity index (χ3v) is 13.8. The second kappa shape index (κ2) is 12.7. The lowest BCUT2D eigenvalue weighted by Gasteiger charge is -2.62. The molecule has 9 atom stereocenters. The van der Waals surface area contributed by atoms with Crippen molar-refractivity contribution in [1.29, 1.82) is 0 Å². The van der Waals surface area contributed by atoms with E-state index >= 15 is 0 Å². The molecule has 2 fully saturated rings. The first kappa shape index (κ1) is 36.6. The number of esters is 2. The van der Waals surface area contributed by atoms with Gasteiger partial charge in [0.1, 0.15) is 6.10 Å². The molecular weight excluding hydrogens is 584 g/mol. The number of carbonyl (C=O) groups excluding carboxylic acids is 2. The van der Waals surface area contributed by atoms with Gasteiger partial charge in [-0.15, -0.1) is 0 Å². The van der Waals surface area contributed by atoms with Crippen LogP contribution in [0.4, 0.5) is 0 Å². The number of hydrogen-bond acceptors (Lipinski definition) is 7. The summed E-state index contributed by atoms with van der Waals surface area (Å²) in [5.74, 6) is -1.95. The maximum atomic E-state index is 13.0. The highest BCUT2D eigenvalue weighted by Crippen LogP contribution is 2.72. The average Bonchev–Trinajstić information content (AvgIpc) is 3.15. The molecule has 0 saturated heterocycles. The lowest BCUT2D eigenvalue weighted by molar-refractivity contribution is -0.175. The summed E-state index contributed by atoms with van der Waals surface area (Å²) in [6.07, 6.45) is 5.23. The molecule has 3 N–H and O–H groups in total. The maximum Gasteiger partial charge on any atom is 0.309 e. The van der Waals surface area contributed by atoms with E-state index in [9.17, 15) is 29.7 Å². The second-order valence-electron chi connectivity index (χ2n) is 17.0. The number of aliphatic hydroxyl groups is 2. The molecule has 0 aliphatic heterocycles. The molecule has 8 heteroatoms. The van der Waals surface area contributed by atoms with Crippen molar-refractivity contribution in [1.82, 2.24) is 0 Å². The Bertz CT molecular complexity index is 1260. The van der Waals surface area contributed by atoms with Gasteiger partial charge in [-0.2, -0.15) is 0 Å². The molecule has 0 amide bonds. The molecule has 0 spiro atoms. The Morgan fingerprint density at radius 3 is 2.22 bits per heavy atom. The smallest absolute Gasteiger partial charge is 0.309 e. The Balaban J connectivity index is 1.59. The largest absolute Gasteiger partial charge is 0.481 e. The van der Waals surface area contributed by atoms with Crippen LogP contribution in [0.2, 0.25) is 0 Å². The Labute approximate surface area is 276 Å². The number of aliphatic hydroxyl groups excluding tert-OH is 1. The highest BCUT2D eigenvalue weighted by Gasteiger charge is 2.67. The average molecular weight is 645 g/mol. The van der Waals surface area contributed by atoms with E-state index < -0.39 is 40.9 Å². The molecule has 0 aromatic carbocycles. The summed E-state index contributed by atoms with van der Waals surface area (Å²) < 4.78 is 10.7. The molecule has 0 bridgehead atoms. The van der Waals surface area contributed by atoms with Gasteiger partial charge in [0.25, 0.3) is 0 Å². The van der Waals surface area contributed by atoms with Crippen LogP contribution < -0.4 is 0 Å². The molecule has 9 unspecified atom stereocenters. The van der Waals surface area contributed by atoms with Gasteiger partial charge in [-0.05, 0) is 93.3 Å². The minimum atomic E-state index is -1.55. The normalized spacial score (nSPS) is 37.0. The summed E-state index contributed by atoms with van der Waals surface area (Å²) in [4.78, 5) is 37.5. The third-order valence-electron chi connectivity index (χ3n) is 13.8. The number of methoxy groups -OCH3 is 1. The van der Waals surface area contributed by atoms with Crippen LogP contribution >= 0.6 is 0 Å². The predicted octanol–water partition coefficient (Wildman–Crippen LogP) is 7.02. The van der Waals surface area contributed by atoms with E-state index in [1.54, 1.807) is 0 Å². The first-order chi connectivity index (χ1) is 21.2. The summed E-state index contributed by atoms with van der Waals surface area (Å²) in [7, 11) is 1.25. The predicted molar refractivity (Wildman–Crippen MR) is 177 cm³/mol. The zero-order valence-electron chi connectivity index (χ0n) is 29.8. The second-order valence-corrected chi connectivity index (χ2v) is 17.0. The Morgan fingerprint density at radius 2 is 1.63 bits per heavy atom. The van der Waals surface area contributed by atoms with Gasteiger partial charge in [0.15, 0.2) is 0 Å². The molecule has 4 aliphatic carbocycles. The number of hydrogen-bond donors (Lipinski definition) is 3. The van der Waals surface area contributed by atoms with E-state index in [2.05, 4.69) is 59.8 Å². The van der Waals surface area contributed by atoms with Gasteiger partial charge < -0.3 is 24.8 Å². The van der Waals surface area contributed by atoms with Gasteiger partial charge >= 0.3 is 17.9 Å². The number of carboxylic acids is 1.